The molecule has 6 heterocycles. The largest absolute Gasteiger partial charge is 0.309 e. The molecule has 252 valence electrons. The van der Waals surface area contributed by atoms with E-state index in [0.29, 0.717) is 0 Å². The van der Waals surface area contributed by atoms with Crippen molar-refractivity contribution in [3.63, 3.8) is 0 Å². The molecule has 6 aromatic heterocycles. The van der Waals surface area contributed by atoms with E-state index in [0.717, 1.165) is 49.8 Å². The Morgan fingerprint density at radius 2 is 1.00 bits per heavy atom. The van der Waals surface area contributed by atoms with E-state index in [9.17, 15) is 0 Å². The summed E-state index contributed by atoms with van der Waals surface area (Å²) in [4.78, 5) is 11.3. The molecule has 0 saturated carbocycles. The zero-order valence-electron chi connectivity index (χ0n) is 29.3. The molecule has 0 bridgehead atoms. The second kappa shape index (κ2) is 9.72. The van der Waals surface area contributed by atoms with Crippen LogP contribution in [0.1, 0.15) is 0 Å². The van der Waals surface area contributed by atoms with Crippen LogP contribution in [0, 0.1) is 0 Å². The number of para-hydroxylation sites is 5. The fourth-order valence-corrected chi connectivity index (χ4v) is 10.1. The van der Waals surface area contributed by atoms with Gasteiger partial charge in [0.1, 0.15) is 11.0 Å². The van der Waals surface area contributed by atoms with E-state index < -0.39 is 0 Å². The molecular weight excluding hydrogens is 671 g/mol. The van der Waals surface area contributed by atoms with Crippen molar-refractivity contribution in [2.45, 2.75) is 0 Å². The van der Waals surface area contributed by atoms with Gasteiger partial charge >= 0.3 is 0 Å². The summed E-state index contributed by atoms with van der Waals surface area (Å²) in [6.07, 6.45) is 0. The Kier molecular flexibility index (Phi) is 4.96. The van der Waals surface area contributed by atoms with Crippen molar-refractivity contribution in [2.24, 2.45) is 0 Å². The van der Waals surface area contributed by atoms with Gasteiger partial charge < -0.3 is 4.57 Å². The lowest BCUT2D eigenvalue weighted by Crippen LogP contribution is -1.93. The van der Waals surface area contributed by atoms with Gasteiger partial charge in [-0.25, -0.2) is 9.97 Å². The highest BCUT2D eigenvalue weighted by Gasteiger charge is 2.27. The summed E-state index contributed by atoms with van der Waals surface area (Å²) in [5.74, 6) is 0. The zero-order chi connectivity index (χ0) is 35.5. The lowest BCUT2D eigenvalue weighted by atomic mass is 9.97. The number of fused-ring (bicyclic) bond motifs is 17. The Morgan fingerprint density at radius 1 is 0.364 bits per heavy atom. The van der Waals surface area contributed by atoms with Crippen LogP contribution in [0.15, 0.2) is 164 Å². The molecular formula is C50H27N5. The van der Waals surface area contributed by atoms with Gasteiger partial charge in [-0.15, -0.1) is 0 Å². The molecule has 8 aromatic carbocycles. The van der Waals surface area contributed by atoms with Crippen molar-refractivity contribution < 1.29 is 0 Å². The van der Waals surface area contributed by atoms with Gasteiger partial charge in [0.05, 0.1) is 33.1 Å². The number of nitrogens with zero attached hydrogens (tertiary/aromatic N) is 5. The van der Waals surface area contributed by atoms with E-state index in [4.69, 9.17) is 9.97 Å². The van der Waals surface area contributed by atoms with Crippen LogP contribution in [0.5, 0.6) is 0 Å². The van der Waals surface area contributed by atoms with E-state index in [1.807, 2.05) is 0 Å². The van der Waals surface area contributed by atoms with Gasteiger partial charge in [-0.2, -0.15) is 0 Å². The molecule has 0 aliphatic carbocycles. The fraction of sp³-hybridized carbons (Fsp3) is 0. The molecule has 0 atom stereocenters. The van der Waals surface area contributed by atoms with Crippen molar-refractivity contribution in [1.82, 2.24) is 23.3 Å². The lowest BCUT2D eigenvalue weighted by Gasteiger charge is -2.09. The molecule has 0 aliphatic rings. The Bertz CT molecular complexity index is 3940. The third-order valence-corrected chi connectivity index (χ3v) is 12.3. The minimum atomic E-state index is 0.894. The first-order chi connectivity index (χ1) is 27.3. The maximum atomic E-state index is 5.64. The first-order valence-corrected chi connectivity index (χ1v) is 18.9. The third-order valence-electron chi connectivity index (χ3n) is 12.3. The number of hydrogen-bond acceptors (Lipinski definition) is 2. The van der Waals surface area contributed by atoms with Crippen LogP contribution in [0.4, 0.5) is 0 Å². The average molecular weight is 698 g/mol. The monoisotopic (exact) mass is 697 g/mol. The molecule has 55 heavy (non-hydrogen) atoms. The van der Waals surface area contributed by atoms with Crippen LogP contribution in [-0.4, -0.2) is 23.3 Å². The summed E-state index contributed by atoms with van der Waals surface area (Å²) >= 11 is 0. The molecule has 0 aliphatic heterocycles. The quantitative estimate of drug-likeness (QED) is 0.180. The van der Waals surface area contributed by atoms with Crippen LogP contribution in [0.3, 0.4) is 0 Å². The van der Waals surface area contributed by atoms with Crippen LogP contribution >= 0.6 is 0 Å². The van der Waals surface area contributed by atoms with E-state index in [1.54, 1.807) is 0 Å². The van der Waals surface area contributed by atoms with Crippen LogP contribution in [-0.2, 0) is 0 Å². The van der Waals surface area contributed by atoms with Crippen molar-refractivity contribution in [2.75, 3.05) is 0 Å². The minimum Gasteiger partial charge on any atom is -0.309 e. The highest BCUT2D eigenvalue weighted by molar-refractivity contribution is 6.32. The summed E-state index contributed by atoms with van der Waals surface area (Å²) in [6, 6.07) is 59.5. The molecule has 0 radical (unpaired) electrons. The molecule has 14 rings (SSSR count). The van der Waals surface area contributed by atoms with Crippen LogP contribution in [0.25, 0.3) is 126 Å². The van der Waals surface area contributed by atoms with E-state index in [1.165, 1.54) is 76.3 Å². The molecule has 0 unspecified atom stereocenters. The maximum absolute atomic E-state index is 5.64. The van der Waals surface area contributed by atoms with Crippen molar-refractivity contribution in [3.05, 3.63) is 164 Å². The Morgan fingerprint density at radius 3 is 1.87 bits per heavy atom. The predicted octanol–water partition coefficient (Wildman–Crippen LogP) is 12.7. The molecule has 5 nitrogen and oxygen atoms in total. The summed E-state index contributed by atoms with van der Waals surface area (Å²) in [5, 5.41) is 12.1. The molecule has 0 amide bonds. The lowest BCUT2D eigenvalue weighted by molar-refractivity contribution is 1.18. The Hall–Kier alpha value is -7.50. The van der Waals surface area contributed by atoms with Gasteiger partial charge in [0.15, 0.2) is 11.3 Å². The van der Waals surface area contributed by atoms with Gasteiger partial charge in [-0.1, -0.05) is 121 Å². The number of benzene rings is 8. The van der Waals surface area contributed by atoms with Crippen molar-refractivity contribution in [3.8, 4) is 16.8 Å². The van der Waals surface area contributed by atoms with Crippen LogP contribution in [0.2, 0.25) is 0 Å². The standard InChI is InChI=1S/C50H27N5/c1-2-13-30(14-3-1)53-40-22-8-7-17-34(40)38-26-29(24-25-42(38)53)32-18-10-20-36-43-31-15-5-4-12-28(31)27-39-45-50(55(46(32)36)48(39)43)51-44-37-21-11-19-35-33-16-6-9-23-41(33)54(47(35)37)49(44)52-45/h1-27H. The van der Waals surface area contributed by atoms with Gasteiger partial charge in [0.25, 0.3) is 0 Å². The third kappa shape index (κ3) is 3.32. The summed E-state index contributed by atoms with van der Waals surface area (Å²) in [5.41, 5.74) is 14.3. The Balaban J connectivity index is 1.15. The molecule has 14 aromatic rings. The topological polar surface area (TPSA) is 39.5 Å². The normalized spacial score (nSPS) is 12.7. The SMILES string of the molecule is c1ccc(-n2c3ccccc3c3cc(-c4cccc5c6c7ccccc7cc7c8nc9c(nc8n(c45)c76)c4cccc5c6ccccc6n9c54)ccc32)cc1. The van der Waals surface area contributed by atoms with E-state index >= 15 is 0 Å². The maximum Gasteiger partial charge on any atom is 0.165 e. The highest BCUT2D eigenvalue weighted by Crippen LogP contribution is 2.47. The summed E-state index contributed by atoms with van der Waals surface area (Å²) in [7, 11) is 0. The van der Waals surface area contributed by atoms with Crippen LogP contribution < -0.4 is 0 Å². The van der Waals surface area contributed by atoms with E-state index in [2.05, 4.69) is 177 Å². The fourth-order valence-electron chi connectivity index (χ4n) is 10.1. The second-order valence-electron chi connectivity index (χ2n) is 14.9. The summed E-state index contributed by atoms with van der Waals surface area (Å²) < 4.78 is 7.14. The highest BCUT2D eigenvalue weighted by atomic mass is 15.1. The molecule has 0 N–H and O–H groups in total. The summed E-state index contributed by atoms with van der Waals surface area (Å²) in [6.45, 7) is 0. The predicted molar refractivity (Wildman–Crippen MR) is 229 cm³/mol. The van der Waals surface area contributed by atoms with E-state index in [-0.39, 0.29) is 0 Å². The number of rotatable bonds is 2. The molecule has 0 fully saturated rings. The first-order valence-electron chi connectivity index (χ1n) is 18.9. The minimum absolute atomic E-state index is 0.894. The molecule has 0 saturated heterocycles. The van der Waals surface area contributed by atoms with Crippen molar-refractivity contribution >= 4 is 109 Å². The molecule has 5 heteroatoms. The van der Waals surface area contributed by atoms with Gasteiger partial charge in [0, 0.05) is 54.3 Å². The number of aromatic nitrogens is 5. The van der Waals surface area contributed by atoms with Gasteiger partial charge in [0.2, 0.25) is 0 Å². The molecule has 0 spiro atoms. The zero-order valence-corrected chi connectivity index (χ0v) is 29.3. The Labute approximate surface area is 312 Å². The smallest absolute Gasteiger partial charge is 0.165 e. The first kappa shape index (κ1) is 28.1. The number of hydrogen-bond donors (Lipinski definition) is 0. The average Bonchev–Trinajstić information content (AvgIpc) is 4.03. The van der Waals surface area contributed by atoms with Crippen molar-refractivity contribution in [1.29, 1.82) is 0 Å². The van der Waals surface area contributed by atoms with Gasteiger partial charge in [-0.3, -0.25) is 8.80 Å². The van der Waals surface area contributed by atoms with Gasteiger partial charge in [-0.05, 0) is 58.8 Å². The second-order valence-corrected chi connectivity index (χ2v) is 14.9.